The number of benzene rings is 1. The van der Waals surface area contributed by atoms with Crippen molar-refractivity contribution in [3.8, 4) is 5.75 Å². The van der Waals surface area contributed by atoms with E-state index in [-0.39, 0.29) is 0 Å². The van der Waals surface area contributed by atoms with E-state index in [0.29, 0.717) is 23.9 Å². The molecular formula is C11H11N5OS. The third kappa shape index (κ3) is 2.00. The molecule has 2 N–H and O–H groups in total. The first-order chi connectivity index (χ1) is 8.72. The van der Waals surface area contributed by atoms with Crippen molar-refractivity contribution >= 4 is 22.0 Å². The minimum Gasteiger partial charge on any atom is -0.485 e. The summed E-state index contributed by atoms with van der Waals surface area (Å²) in [7, 11) is 0. The zero-order valence-electron chi connectivity index (χ0n) is 9.70. The highest BCUT2D eigenvalue weighted by atomic mass is 32.1. The Morgan fingerprint density at radius 3 is 3.11 bits per heavy atom. The summed E-state index contributed by atoms with van der Waals surface area (Å²) in [6, 6.07) is 7.27. The van der Waals surface area contributed by atoms with E-state index in [9.17, 15) is 0 Å². The normalized spacial score (nSPS) is 10.9. The number of rotatable bonds is 3. The van der Waals surface area contributed by atoms with Crippen LogP contribution >= 0.6 is 11.3 Å². The molecule has 0 aliphatic carbocycles. The van der Waals surface area contributed by atoms with Crippen LogP contribution in [0.3, 0.4) is 0 Å². The molecule has 7 heteroatoms. The molecule has 0 spiro atoms. The maximum absolute atomic E-state index is 5.68. The summed E-state index contributed by atoms with van der Waals surface area (Å²) < 4.78 is 7.31. The smallest absolute Gasteiger partial charge is 0.234 e. The van der Waals surface area contributed by atoms with Crippen LogP contribution in [-0.4, -0.2) is 19.8 Å². The molecule has 0 saturated carbocycles. The highest BCUT2D eigenvalue weighted by molar-refractivity contribution is 7.16. The number of nitrogens with two attached hydrogens (primary N) is 1. The first-order valence-corrected chi connectivity index (χ1v) is 6.20. The van der Waals surface area contributed by atoms with Gasteiger partial charge in [0.1, 0.15) is 17.4 Å². The third-order valence-corrected chi connectivity index (χ3v) is 3.20. The predicted octanol–water partition coefficient (Wildman–Crippen LogP) is 1.66. The Balaban J connectivity index is 1.80. The van der Waals surface area contributed by atoms with Crippen LogP contribution in [0.15, 0.2) is 24.3 Å². The average Bonchev–Trinajstić information content (AvgIpc) is 2.86. The van der Waals surface area contributed by atoms with Gasteiger partial charge in [-0.05, 0) is 19.1 Å². The molecule has 18 heavy (non-hydrogen) atoms. The molecule has 3 rings (SSSR count). The third-order valence-electron chi connectivity index (χ3n) is 2.38. The van der Waals surface area contributed by atoms with Gasteiger partial charge in [-0.1, -0.05) is 17.4 Å². The van der Waals surface area contributed by atoms with E-state index < -0.39 is 0 Å². The summed E-state index contributed by atoms with van der Waals surface area (Å²) in [5, 5.41) is 13.3. The highest BCUT2D eigenvalue weighted by Crippen LogP contribution is 2.17. The van der Waals surface area contributed by atoms with Gasteiger partial charge in [-0.2, -0.15) is 9.61 Å². The minimum atomic E-state index is 0.313. The van der Waals surface area contributed by atoms with Gasteiger partial charge in [-0.3, -0.25) is 0 Å². The van der Waals surface area contributed by atoms with Gasteiger partial charge in [0.2, 0.25) is 4.96 Å². The number of aryl methyl sites for hydroxylation is 1. The quantitative estimate of drug-likeness (QED) is 0.725. The Morgan fingerprint density at radius 2 is 2.28 bits per heavy atom. The first-order valence-electron chi connectivity index (χ1n) is 5.38. The maximum atomic E-state index is 5.68. The van der Waals surface area contributed by atoms with Crippen molar-refractivity contribution in [2.24, 2.45) is 0 Å². The van der Waals surface area contributed by atoms with Gasteiger partial charge in [0.15, 0.2) is 5.82 Å². The lowest BCUT2D eigenvalue weighted by Gasteiger charge is -2.04. The number of aromatic nitrogens is 4. The zero-order valence-corrected chi connectivity index (χ0v) is 10.5. The fourth-order valence-corrected chi connectivity index (χ4v) is 2.30. The van der Waals surface area contributed by atoms with Gasteiger partial charge < -0.3 is 10.5 Å². The van der Waals surface area contributed by atoms with Crippen LogP contribution in [0.1, 0.15) is 10.8 Å². The molecule has 0 fully saturated rings. The van der Waals surface area contributed by atoms with Crippen molar-refractivity contribution in [2.75, 3.05) is 5.73 Å². The van der Waals surface area contributed by atoms with Crippen LogP contribution in [0.25, 0.3) is 4.96 Å². The van der Waals surface area contributed by atoms with Gasteiger partial charge in [-0.15, -0.1) is 10.2 Å². The molecule has 3 aromatic rings. The fourth-order valence-electron chi connectivity index (χ4n) is 1.60. The highest BCUT2D eigenvalue weighted by Gasteiger charge is 2.10. The number of nitrogens with zero attached hydrogens (tertiary/aromatic N) is 4. The Morgan fingerprint density at radius 1 is 1.39 bits per heavy atom. The molecule has 6 nitrogen and oxygen atoms in total. The van der Waals surface area contributed by atoms with E-state index >= 15 is 0 Å². The number of nitrogen functional groups attached to an aromatic ring is 1. The summed E-state index contributed by atoms with van der Waals surface area (Å²) in [6.07, 6.45) is 0. The summed E-state index contributed by atoms with van der Waals surface area (Å²) in [5.41, 5.74) is 6.35. The lowest BCUT2D eigenvalue weighted by atomic mass is 10.3. The van der Waals surface area contributed by atoms with E-state index in [1.165, 1.54) is 11.3 Å². The number of hydrogen-bond donors (Lipinski definition) is 1. The van der Waals surface area contributed by atoms with Gasteiger partial charge >= 0.3 is 0 Å². The monoisotopic (exact) mass is 261 g/mol. The number of fused-ring (bicyclic) bond motifs is 1. The molecule has 0 unspecified atom stereocenters. The van der Waals surface area contributed by atoms with Gasteiger partial charge in [0, 0.05) is 11.8 Å². The van der Waals surface area contributed by atoms with Crippen molar-refractivity contribution in [2.45, 2.75) is 13.5 Å². The molecule has 2 aromatic heterocycles. The topological polar surface area (TPSA) is 78.3 Å². The van der Waals surface area contributed by atoms with Crippen molar-refractivity contribution in [1.29, 1.82) is 0 Å². The second-order valence-electron chi connectivity index (χ2n) is 3.79. The van der Waals surface area contributed by atoms with Crippen LogP contribution in [0.2, 0.25) is 0 Å². The van der Waals surface area contributed by atoms with Crippen molar-refractivity contribution in [3.63, 3.8) is 0 Å². The van der Waals surface area contributed by atoms with Gasteiger partial charge in [-0.25, -0.2) is 0 Å². The summed E-state index contributed by atoms with van der Waals surface area (Å²) >= 11 is 1.50. The molecule has 0 atom stereocenters. The Bertz CT molecular complexity index is 690. The molecule has 0 aliphatic heterocycles. The number of anilines is 1. The standard InChI is InChI=1S/C11H11N5OS/c1-7-15-16-10(13-14-11(16)18-7)6-17-9-4-2-3-8(12)5-9/h2-5H,6,12H2,1H3. The van der Waals surface area contributed by atoms with Crippen molar-refractivity contribution in [3.05, 3.63) is 35.1 Å². The Labute approximate surface area is 107 Å². The largest absolute Gasteiger partial charge is 0.485 e. The molecule has 92 valence electrons. The fraction of sp³-hybridized carbons (Fsp3) is 0.182. The van der Waals surface area contributed by atoms with E-state index in [1.807, 2.05) is 25.1 Å². The molecule has 0 aliphatic rings. The lowest BCUT2D eigenvalue weighted by molar-refractivity contribution is 0.293. The van der Waals surface area contributed by atoms with Crippen LogP contribution in [0.5, 0.6) is 5.75 Å². The molecule has 2 heterocycles. The second kappa shape index (κ2) is 4.26. The molecule has 0 saturated heterocycles. The summed E-state index contributed by atoms with van der Waals surface area (Å²) in [6.45, 7) is 2.25. The van der Waals surface area contributed by atoms with E-state index in [4.69, 9.17) is 10.5 Å². The molecular weight excluding hydrogens is 250 g/mol. The SMILES string of the molecule is Cc1nn2c(COc3cccc(N)c3)nnc2s1. The van der Waals surface area contributed by atoms with E-state index in [1.54, 1.807) is 10.6 Å². The summed E-state index contributed by atoms with van der Waals surface area (Å²) in [5.74, 6) is 1.38. The van der Waals surface area contributed by atoms with Crippen LogP contribution in [-0.2, 0) is 6.61 Å². The maximum Gasteiger partial charge on any atom is 0.234 e. The van der Waals surface area contributed by atoms with Crippen LogP contribution in [0.4, 0.5) is 5.69 Å². The Hall–Kier alpha value is -2.15. The lowest BCUT2D eigenvalue weighted by Crippen LogP contribution is -2.02. The van der Waals surface area contributed by atoms with E-state index in [0.717, 1.165) is 9.97 Å². The predicted molar refractivity (Wildman–Crippen MR) is 68.6 cm³/mol. The molecule has 0 radical (unpaired) electrons. The first kappa shape index (κ1) is 11.0. The van der Waals surface area contributed by atoms with Gasteiger partial charge in [0.05, 0.1) is 0 Å². The minimum absolute atomic E-state index is 0.313. The number of hydrogen-bond acceptors (Lipinski definition) is 6. The summed E-state index contributed by atoms with van der Waals surface area (Å²) in [4.78, 5) is 0.777. The van der Waals surface area contributed by atoms with Crippen molar-refractivity contribution < 1.29 is 4.74 Å². The van der Waals surface area contributed by atoms with Crippen LogP contribution in [0, 0.1) is 6.92 Å². The number of ether oxygens (including phenoxy) is 1. The van der Waals surface area contributed by atoms with Crippen molar-refractivity contribution in [1.82, 2.24) is 19.8 Å². The zero-order chi connectivity index (χ0) is 12.5. The second-order valence-corrected chi connectivity index (χ2v) is 4.95. The Kier molecular flexibility index (Phi) is 2.60. The molecule has 0 bridgehead atoms. The molecule has 0 amide bonds. The molecule has 1 aromatic carbocycles. The van der Waals surface area contributed by atoms with Crippen LogP contribution < -0.4 is 10.5 Å². The average molecular weight is 261 g/mol. The van der Waals surface area contributed by atoms with Gasteiger partial charge in [0.25, 0.3) is 0 Å². The van der Waals surface area contributed by atoms with E-state index in [2.05, 4.69) is 15.3 Å².